The van der Waals surface area contributed by atoms with Crippen LogP contribution in [0.25, 0.3) is 11.5 Å². The van der Waals surface area contributed by atoms with Crippen LogP contribution in [0.4, 0.5) is 0 Å². The molecule has 0 aliphatic heterocycles. The van der Waals surface area contributed by atoms with Crippen LogP contribution < -0.4 is 4.74 Å². The first-order chi connectivity index (χ1) is 16.3. The van der Waals surface area contributed by atoms with Gasteiger partial charge in [0.1, 0.15) is 5.69 Å². The van der Waals surface area contributed by atoms with Gasteiger partial charge in [0, 0.05) is 6.20 Å². The van der Waals surface area contributed by atoms with Crippen LogP contribution in [0.1, 0.15) is 122 Å². The van der Waals surface area contributed by atoms with Crippen molar-refractivity contribution in [3.63, 3.8) is 0 Å². The van der Waals surface area contributed by atoms with Gasteiger partial charge in [0.05, 0.1) is 19.0 Å². The molecule has 0 aliphatic carbocycles. The highest BCUT2D eigenvalue weighted by Gasteiger charge is 2.04. The molecule has 184 valence electrons. The first kappa shape index (κ1) is 27.3. The maximum absolute atomic E-state index is 5.82. The molecule has 0 fully saturated rings. The quantitative estimate of drug-likeness (QED) is 0.188. The molecule has 0 aromatic carbocycles. The molecule has 0 atom stereocenters. The molecule has 0 saturated heterocycles. The van der Waals surface area contributed by atoms with Crippen molar-refractivity contribution < 1.29 is 4.74 Å². The molecule has 2 aromatic heterocycles. The lowest BCUT2D eigenvalue weighted by Gasteiger charge is -2.07. The van der Waals surface area contributed by atoms with Crippen molar-refractivity contribution in [2.45, 2.75) is 123 Å². The summed E-state index contributed by atoms with van der Waals surface area (Å²) in [5, 5.41) is 0. The molecule has 4 heteroatoms. The van der Waals surface area contributed by atoms with Crippen molar-refractivity contribution in [1.82, 2.24) is 15.0 Å². The van der Waals surface area contributed by atoms with Gasteiger partial charge in [-0.25, -0.2) is 9.97 Å². The summed E-state index contributed by atoms with van der Waals surface area (Å²) in [6.07, 6.45) is 27.9. The van der Waals surface area contributed by atoms with Crippen molar-refractivity contribution in [2.75, 3.05) is 6.61 Å². The fourth-order valence-electron chi connectivity index (χ4n) is 4.12. The minimum atomic E-state index is 0.660. The maximum atomic E-state index is 5.82. The maximum Gasteiger partial charge on any atom is 0.178 e. The Morgan fingerprint density at radius 2 is 1.12 bits per heavy atom. The van der Waals surface area contributed by atoms with E-state index in [1.54, 1.807) is 12.4 Å². The van der Waals surface area contributed by atoms with E-state index in [2.05, 4.69) is 34.9 Å². The van der Waals surface area contributed by atoms with Crippen molar-refractivity contribution in [2.24, 2.45) is 0 Å². The summed E-state index contributed by atoms with van der Waals surface area (Å²) in [5.41, 5.74) is 2.12. The van der Waals surface area contributed by atoms with E-state index < -0.39 is 0 Å². The van der Waals surface area contributed by atoms with E-state index in [4.69, 9.17) is 4.74 Å². The molecular weight excluding hydrogens is 406 g/mol. The average molecular weight is 454 g/mol. The van der Waals surface area contributed by atoms with Gasteiger partial charge in [-0.2, -0.15) is 0 Å². The molecule has 0 aliphatic rings. The van der Waals surface area contributed by atoms with E-state index in [9.17, 15) is 0 Å². The lowest BCUT2D eigenvalue weighted by molar-refractivity contribution is 0.302. The van der Waals surface area contributed by atoms with Gasteiger partial charge in [-0.15, -0.1) is 0 Å². The number of pyridine rings is 1. The molecule has 2 rings (SSSR count). The Balaban J connectivity index is 1.58. The Hall–Kier alpha value is -1.97. The largest absolute Gasteiger partial charge is 0.490 e. The molecule has 0 radical (unpaired) electrons. The van der Waals surface area contributed by atoms with Gasteiger partial charge < -0.3 is 4.74 Å². The average Bonchev–Trinajstić information content (AvgIpc) is 2.85. The van der Waals surface area contributed by atoms with E-state index >= 15 is 0 Å². The zero-order valence-electron chi connectivity index (χ0n) is 21.4. The van der Waals surface area contributed by atoms with Crippen molar-refractivity contribution in [3.05, 3.63) is 36.3 Å². The summed E-state index contributed by atoms with van der Waals surface area (Å²) in [7, 11) is 0. The Morgan fingerprint density at radius 1 is 0.576 bits per heavy atom. The number of ether oxygens (including phenoxy) is 1. The molecule has 2 aromatic rings. The van der Waals surface area contributed by atoms with Crippen LogP contribution in [-0.2, 0) is 6.42 Å². The van der Waals surface area contributed by atoms with Gasteiger partial charge in [0.2, 0.25) is 0 Å². The Morgan fingerprint density at radius 3 is 1.67 bits per heavy atom. The van der Waals surface area contributed by atoms with E-state index in [1.807, 2.05) is 12.3 Å². The van der Waals surface area contributed by atoms with Crippen LogP contribution in [0.2, 0.25) is 0 Å². The molecule has 0 saturated carbocycles. The monoisotopic (exact) mass is 453 g/mol. The summed E-state index contributed by atoms with van der Waals surface area (Å²) < 4.78 is 5.82. The number of hydrogen-bond donors (Lipinski definition) is 0. The van der Waals surface area contributed by atoms with Crippen LogP contribution in [0, 0.1) is 0 Å². The van der Waals surface area contributed by atoms with Crippen LogP contribution in [-0.4, -0.2) is 21.6 Å². The highest BCUT2D eigenvalue weighted by atomic mass is 16.5. The predicted octanol–water partition coefficient (Wildman–Crippen LogP) is 8.74. The molecule has 2 heterocycles. The fraction of sp³-hybridized carbons (Fsp3) is 0.690. The van der Waals surface area contributed by atoms with Gasteiger partial charge in [-0.3, -0.25) is 4.98 Å². The lowest BCUT2D eigenvalue weighted by Crippen LogP contribution is -1.99. The molecule has 0 unspecified atom stereocenters. The van der Waals surface area contributed by atoms with E-state index in [0.29, 0.717) is 5.82 Å². The molecule has 0 N–H and O–H groups in total. The van der Waals surface area contributed by atoms with Crippen molar-refractivity contribution in [3.8, 4) is 17.3 Å². The van der Waals surface area contributed by atoms with Crippen molar-refractivity contribution >= 4 is 0 Å². The lowest BCUT2D eigenvalue weighted by atomic mass is 10.1. The second-order valence-corrected chi connectivity index (χ2v) is 9.34. The van der Waals surface area contributed by atoms with E-state index in [1.165, 1.54) is 102 Å². The summed E-state index contributed by atoms with van der Waals surface area (Å²) in [6.45, 7) is 5.28. The predicted molar refractivity (Wildman–Crippen MR) is 140 cm³/mol. The number of nitrogens with zero attached hydrogens (tertiary/aromatic N) is 3. The van der Waals surface area contributed by atoms with Gasteiger partial charge in [0.15, 0.2) is 11.6 Å². The topological polar surface area (TPSA) is 47.9 Å². The smallest absolute Gasteiger partial charge is 0.178 e. The van der Waals surface area contributed by atoms with Crippen LogP contribution in [0.3, 0.4) is 0 Å². The molecule has 0 bridgehead atoms. The number of rotatable bonds is 20. The third-order valence-corrected chi connectivity index (χ3v) is 6.27. The Labute approximate surface area is 203 Å². The van der Waals surface area contributed by atoms with Crippen LogP contribution in [0.15, 0.2) is 30.7 Å². The van der Waals surface area contributed by atoms with Gasteiger partial charge in [-0.05, 0) is 30.9 Å². The Kier molecular flexibility index (Phi) is 15.3. The van der Waals surface area contributed by atoms with E-state index in [0.717, 1.165) is 30.9 Å². The highest BCUT2D eigenvalue weighted by molar-refractivity contribution is 5.49. The number of aromatic nitrogens is 3. The summed E-state index contributed by atoms with van der Waals surface area (Å²) in [4.78, 5) is 13.5. The zero-order valence-corrected chi connectivity index (χ0v) is 21.4. The third kappa shape index (κ3) is 12.7. The van der Waals surface area contributed by atoms with E-state index in [-0.39, 0.29) is 0 Å². The Bertz CT molecular complexity index is 700. The molecule has 0 amide bonds. The molecular formula is C29H47N3O. The van der Waals surface area contributed by atoms with Crippen molar-refractivity contribution in [1.29, 1.82) is 0 Å². The van der Waals surface area contributed by atoms with Crippen LogP contribution >= 0.6 is 0 Å². The summed E-state index contributed by atoms with van der Waals surface area (Å²) in [5.74, 6) is 1.40. The fourth-order valence-corrected chi connectivity index (χ4v) is 4.12. The van der Waals surface area contributed by atoms with Crippen LogP contribution in [0.5, 0.6) is 5.75 Å². The number of aryl methyl sites for hydroxylation is 1. The first-order valence-corrected chi connectivity index (χ1v) is 13.7. The second kappa shape index (κ2) is 18.5. The van der Waals surface area contributed by atoms with Gasteiger partial charge in [0.25, 0.3) is 0 Å². The highest BCUT2D eigenvalue weighted by Crippen LogP contribution is 2.17. The third-order valence-electron chi connectivity index (χ3n) is 6.27. The molecule has 33 heavy (non-hydrogen) atoms. The minimum Gasteiger partial charge on any atom is -0.490 e. The zero-order chi connectivity index (χ0) is 23.4. The summed E-state index contributed by atoms with van der Waals surface area (Å²) in [6, 6.07) is 4.20. The molecule has 4 nitrogen and oxygen atoms in total. The molecule has 0 spiro atoms. The number of hydrogen-bond acceptors (Lipinski definition) is 4. The summed E-state index contributed by atoms with van der Waals surface area (Å²) >= 11 is 0. The number of unbranched alkanes of at least 4 members (excludes halogenated alkanes) is 14. The minimum absolute atomic E-state index is 0.660. The van der Waals surface area contributed by atoms with Gasteiger partial charge >= 0.3 is 0 Å². The van der Waals surface area contributed by atoms with Gasteiger partial charge in [-0.1, -0.05) is 110 Å². The standard InChI is InChI=1S/C29H47N3O/c1-3-5-7-9-11-12-14-16-18-22-33-27-24-31-29(32-25-27)28-21-20-26(23-30-28)19-17-15-13-10-8-6-4-2/h20-21,23-25H,3-19,22H2,1-2H3. The second-order valence-electron chi connectivity index (χ2n) is 9.34. The SMILES string of the molecule is CCCCCCCCCCCOc1cnc(-c2ccc(CCCCCCCCC)cn2)nc1. The first-order valence-electron chi connectivity index (χ1n) is 13.7. The normalized spacial score (nSPS) is 11.1.